The first kappa shape index (κ1) is 13.4. The number of benzene rings is 2. The molecule has 1 aliphatic heterocycles. The van der Waals surface area contributed by atoms with Gasteiger partial charge in [0.05, 0.1) is 0 Å². The Kier molecular flexibility index (Phi) is 3.40. The van der Waals surface area contributed by atoms with Gasteiger partial charge in [0.2, 0.25) is 0 Å². The van der Waals surface area contributed by atoms with Crippen LogP contribution in [0.2, 0.25) is 5.02 Å². The maximum absolute atomic E-state index is 13.9. The van der Waals surface area contributed by atoms with Crippen LogP contribution in [0, 0.1) is 5.82 Å². The zero-order chi connectivity index (χ0) is 14.3. The number of hydrogen-bond acceptors (Lipinski definition) is 2. The second-order valence-electron chi connectivity index (χ2n) is 5.04. The Labute approximate surface area is 121 Å². The van der Waals surface area contributed by atoms with Crippen LogP contribution in [0.5, 0.6) is 5.75 Å². The highest BCUT2D eigenvalue weighted by Gasteiger charge is 2.23. The summed E-state index contributed by atoms with van der Waals surface area (Å²) in [6, 6.07) is 9.79. The summed E-state index contributed by atoms with van der Waals surface area (Å²) in [5.74, 6) is 0.322. The van der Waals surface area contributed by atoms with Crippen LogP contribution in [0.25, 0.3) is 0 Å². The Morgan fingerprint density at radius 1 is 1.35 bits per heavy atom. The van der Waals surface area contributed by atoms with Gasteiger partial charge in [-0.15, -0.1) is 0 Å². The van der Waals surface area contributed by atoms with Crippen LogP contribution in [0.3, 0.4) is 0 Å². The molecule has 4 heteroatoms. The average Bonchev–Trinajstić information content (AvgIpc) is 2.77. The zero-order valence-electron chi connectivity index (χ0n) is 10.9. The molecule has 2 atom stereocenters. The summed E-state index contributed by atoms with van der Waals surface area (Å²) in [5.41, 5.74) is 1.76. The largest absolute Gasteiger partial charge is 0.490 e. The van der Waals surface area contributed by atoms with Gasteiger partial charge < -0.3 is 9.84 Å². The van der Waals surface area contributed by atoms with E-state index >= 15 is 0 Å². The molecule has 1 N–H and O–H groups in total. The van der Waals surface area contributed by atoms with E-state index in [1.54, 1.807) is 12.1 Å². The molecule has 1 aliphatic rings. The highest BCUT2D eigenvalue weighted by atomic mass is 35.5. The smallest absolute Gasteiger partial charge is 0.130 e. The lowest BCUT2D eigenvalue weighted by atomic mass is 9.98. The molecule has 2 aromatic carbocycles. The first-order valence-electron chi connectivity index (χ1n) is 6.47. The van der Waals surface area contributed by atoms with Gasteiger partial charge in [-0.3, -0.25) is 0 Å². The van der Waals surface area contributed by atoms with Crippen molar-refractivity contribution in [2.24, 2.45) is 0 Å². The predicted octanol–water partition coefficient (Wildman–Crippen LogP) is 3.88. The van der Waals surface area contributed by atoms with Gasteiger partial charge in [-0.2, -0.15) is 0 Å². The van der Waals surface area contributed by atoms with Crippen LogP contribution in [-0.4, -0.2) is 11.2 Å². The van der Waals surface area contributed by atoms with Gasteiger partial charge in [0.1, 0.15) is 23.8 Å². The van der Waals surface area contributed by atoms with E-state index in [1.807, 2.05) is 19.1 Å². The third-order valence-electron chi connectivity index (χ3n) is 3.51. The lowest BCUT2D eigenvalue weighted by Crippen LogP contribution is -2.05. The minimum atomic E-state index is -1.08. The number of hydrogen-bond donors (Lipinski definition) is 1. The average molecular weight is 293 g/mol. The molecule has 2 unspecified atom stereocenters. The summed E-state index contributed by atoms with van der Waals surface area (Å²) in [4.78, 5) is 0. The number of rotatable bonds is 2. The van der Waals surface area contributed by atoms with Crippen molar-refractivity contribution in [2.45, 2.75) is 25.6 Å². The number of ether oxygens (including phenoxy) is 1. The molecule has 2 nitrogen and oxygen atoms in total. The Morgan fingerprint density at radius 3 is 2.90 bits per heavy atom. The number of aliphatic hydroxyl groups is 1. The first-order valence-corrected chi connectivity index (χ1v) is 6.85. The van der Waals surface area contributed by atoms with Crippen molar-refractivity contribution in [2.75, 3.05) is 0 Å². The first-order chi connectivity index (χ1) is 9.56. The normalized spacial score (nSPS) is 18.5. The van der Waals surface area contributed by atoms with E-state index in [-0.39, 0.29) is 16.7 Å². The van der Waals surface area contributed by atoms with Crippen molar-refractivity contribution in [1.82, 2.24) is 0 Å². The quantitative estimate of drug-likeness (QED) is 0.910. The van der Waals surface area contributed by atoms with E-state index in [4.69, 9.17) is 16.3 Å². The summed E-state index contributed by atoms with van der Waals surface area (Å²) < 4.78 is 19.5. The molecule has 0 saturated carbocycles. The van der Waals surface area contributed by atoms with Gasteiger partial charge in [-0.05, 0) is 42.3 Å². The highest BCUT2D eigenvalue weighted by molar-refractivity contribution is 6.31. The van der Waals surface area contributed by atoms with Crippen molar-refractivity contribution >= 4 is 11.6 Å². The maximum Gasteiger partial charge on any atom is 0.130 e. The van der Waals surface area contributed by atoms with Gasteiger partial charge in [-0.1, -0.05) is 23.7 Å². The molecule has 1 heterocycles. The molecule has 0 spiro atoms. The molecular formula is C16H14ClFO2. The molecule has 0 bridgehead atoms. The van der Waals surface area contributed by atoms with Crippen LogP contribution < -0.4 is 4.74 Å². The molecular weight excluding hydrogens is 279 g/mol. The second-order valence-corrected chi connectivity index (χ2v) is 5.44. The van der Waals surface area contributed by atoms with Crippen LogP contribution in [0.15, 0.2) is 36.4 Å². The van der Waals surface area contributed by atoms with Crippen molar-refractivity contribution in [3.8, 4) is 5.75 Å². The van der Waals surface area contributed by atoms with E-state index < -0.39 is 11.9 Å². The van der Waals surface area contributed by atoms with Crippen LogP contribution in [0.4, 0.5) is 4.39 Å². The summed E-state index contributed by atoms with van der Waals surface area (Å²) >= 11 is 5.99. The number of halogens is 2. The summed E-state index contributed by atoms with van der Waals surface area (Å²) in [6.07, 6.45) is -0.152. The Hall–Kier alpha value is -1.58. The summed E-state index contributed by atoms with van der Waals surface area (Å²) in [6.45, 7) is 1.99. The highest BCUT2D eigenvalue weighted by Crippen LogP contribution is 2.35. The van der Waals surface area contributed by atoms with Crippen molar-refractivity contribution in [1.29, 1.82) is 0 Å². The third kappa shape index (κ3) is 2.28. The fraction of sp³-hybridized carbons (Fsp3) is 0.250. The standard InChI is InChI=1S/C16H14ClFO2/c1-9-7-11-8-10(5-6-14(11)20-9)16(19)15-12(17)3-2-4-13(15)18/h2-6,8-9,16,19H,7H2,1H3. The van der Waals surface area contributed by atoms with Crippen LogP contribution >= 0.6 is 11.6 Å². The van der Waals surface area contributed by atoms with Gasteiger partial charge in [0.15, 0.2) is 0 Å². The molecule has 0 fully saturated rings. The molecule has 2 aromatic rings. The van der Waals surface area contributed by atoms with E-state index in [2.05, 4.69) is 0 Å². The minimum Gasteiger partial charge on any atom is -0.490 e. The minimum absolute atomic E-state index is 0.112. The summed E-state index contributed by atoms with van der Waals surface area (Å²) in [5, 5.41) is 10.6. The topological polar surface area (TPSA) is 29.5 Å². The molecule has 0 saturated heterocycles. The summed E-state index contributed by atoms with van der Waals surface area (Å²) in [7, 11) is 0. The van der Waals surface area contributed by atoms with Crippen LogP contribution in [0.1, 0.15) is 29.7 Å². The molecule has 3 rings (SSSR count). The Balaban J connectivity index is 2.00. The Bertz CT molecular complexity index is 637. The second kappa shape index (κ2) is 5.08. The number of fused-ring (bicyclic) bond motifs is 1. The lowest BCUT2D eigenvalue weighted by Gasteiger charge is -2.15. The van der Waals surface area contributed by atoms with E-state index in [9.17, 15) is 9.50 Å². The van der Waals surface area contributed by atoms with Crippen molar-refractivity contribution < 1.29 is 14.2 Å². The molecule has 104 valence electrons. The third-order valence-corrected chi connectivity index (χ3v) is 3.84. The van der Waals surface area contributed by atoms with Crippen LogP contribution in [-0.2, 0) is 6.42 Å². The molecule has 20 heavy (non-hydrogen) atoms. The number of aliphatic hydroxyl groups excluding tert-OH is 1. The van der Waals surface area contributed by atoms with Gasteiger partial charge in [-0.25, -0.2) is 4.39 Å². The molecule has 0 radical (unpaired) electrons. The van der Waals surface area contributed by atoms with E-state index in [0.717, 1.165) is 17.7 Å². The predicted molar refractivity (Wildman–Crippen MR) is 75.7 cm³/mol. The van der Waals surface area contributed by atoms with E-state index in [1.165, 1.54) is 12.1 Å². The van der Waals surface area contributed by atoms with Gasteiger partial charge >= 0.3 is 0 Å². The molecule has 0 aromatic heterocycles. The maximum atomic E-state index is 13.9. The SMILES string of the molecule is CC1Cc2cc(C(O)c3c(F)cccc3Cl)ccc2O1. The van der Waals surface area contributed by atoms with Crippen molar-refractivity contribution in [3.63, 3.8) is 0 Å². The fourth-order valence-electron chi connectivity index (χ4n) is 2.55. The molecule has 0 amide bonds. The Morgan fingerprint density at radius 2 is 2.15 bits per heavy atom. The monoisotopic (exact) mass is 292 g/mol. The van der Waals surface area contributed by atoms with Crippen molar-refractivity contribution in [3.05, 3.63) is 63.9 Å². The van der Waals surface area contributed by atoms with Gasteiger partial charge in [0, 0.05) is 17.0 Å². The molecule has 0 aliphatic carbocycles. The fourth-order valence-corrected chi connectivity index (χ4v) is 2.82. The van der Waals surface area contributed by atoms with Gasteiger partial charge in [0.25, 0.3) is 0 Å². The van der Waals surface area contributed by atoms with E-state index in [0.29, 0.717) is 5.56 Å². The zero-order valence-corrected chi connectivity index (χ0v) is 11.7. The lowest BCUT2D eigenvalue weighted by molar-refractivity contribution is 0.215.